The van der Waals surface area contributed by atoms with Gasteiger partial charge in [0.2, 0.25) is 0 Å². The molecule has 21 heavy (non-hydrogen) atoms. The van der Waals surface area contributed by atoms with Gasteiger partial charge in [0.25, 0.3) is 0 Å². The van der Waals surface area contributed by atoms with Crippen molar-refractivity contribution >= 4 is 12.0 Å². The highest BCUT2D eigenvalue weighted by molar-refractivity contribution is 5.79. The minimum Gasteiger partial charge on any atom is -0.481 e. The summed E-state index contributed by atoms with van der Waals surface area (Å²) in [4.78, 5) is 24.9. The van der Waals surface area contributed by atoms with Crippen LogP contribution in [0.1, 0.15) is 19.8 Å². The Bertz CT molecular complexity index is 403. The highest BCUT2D eigenvalue weighted by Gasteiger charge is 2.42. The number of nitrogens with zero attached hydrogens (tertiary/aromatic N) is 1. The molecule has 2 aliphatic heterocycles. The number of nitrogens with one attached hydrogen (secondary N) is 1. The van der Waals surface area contributed by atoms with Crippen molar-refractivity contribution in [2.75, 3.05) is 40.0 Å². The van der Waals surface area contributed by atoms with Crippen LogP contribution in [0.3, 0.4) is 0 Å². The van der Waals surface area contributed by atoms with E-state index in [2.05, 4.69) is 5.32 Å². The standard InChI is InChI=1S/C14H24N2O5/c1-14(12(17)18)4-5-16(9-14)13(19)15-7-10-3-6-21-8-11(10)20-2/h10-11H,3-9H2,1-2H3,(H,15,19)(H,17,18). The maximum absolute atomic E-state index is 12.1. The van der Waals surface area contributed by atoms with Gasteiger partial charge in [0.1, 0.15) is 0 Å². The van der Waals surface area contributed by atoms with E-state index in [1.807, 2.05) is 0 Å². The number of ether oxygens (including phenoxy) is 2. The molecule has 2 rings (SSSR count). The summed E-state index contributed by atoms with van der Waals surface area (Å²) in [5.41, 5.74) is -0.828. The third kappa shape index (κ3) is 3.65. The molecule has 0 aromatic heterocycles. The van der Waals surface area contributed by atoms with E-state index in [0.717, 1.165) is 6.42 Å². The van der Waals surface area contributed by atoms with Crippen LogP contribution in [-0.2, 0) is 14.3 Å². The molecule has 0 radical (unpaired) electrons. The third-order valence-corrected chi connectivity index (χ3v) is 4.54. The average Bonchev–Trinajstić information content (AvgIpc) is 2.89. The number of hydrogen-bond donors (Lipinski definition) is 2. The number of carbonyl (C=O) groups is 2. The molecule has 0 bridgehead atoms. The van der Waals surface area contributed by atoms with Crippen LogP contribution in [0.25, 0.3) is 0 Å². The Kier molecular flexibility index (Phi) is 5.05. The Hall–Kier alpha value is -1.34. The van der Waals surface area contributed by atoms with Crippen molar-refractivity contribution in [3.63, 3.8) is 0 Å². The first-order chi connectivity index (χ1) is 9.96. The molecule has 0 aromatic carbocycles. The number of methoxy groups -OCH3 is 1. The summed E-state index contributed by atoms with van der Waals surface area (Å²) < 4.78 is 10.7. The third-order valence-electron chi connectivity index (χ3n) is 4.54. The van der Waals surface area contributed by atoms with Gasteiger partial charge in [-0.3, -0.25) is 4.79 Å². The lowest BCUT2D eigenvalue weighted by Gasteiger charge is -2.31. The zero-order valence-electron chi connectivity index (χ0n) is 12.6. The highest BCUT2D eigenvalue weighted by atomic mass is 16.5. The van der Waals surface area contributed by atoms with Crippen LogP contribution in [0.5, 0.6) is 0 Å². The van der Waals surface area contributed by atoms with E-state index in [1.54, 1.807) is 18.9 Å². The van der Waals surface area contributed by atoms with Gasteiger partial charge in [-0.25, -0.2) is 4.79 Å². The molecule has 2 saturated heterocycles. The van der Waals surface area contributed by atoms with E-state index in [4.69, 9.17) is 9.47 Å². The number of urea groups is 1. The molecule has 2 aliphatic rings. The summed E-state index contributed by atoms with van der Waals surface area (Å²) >= 11 is 0. The topological polar surface area (TPSA) is 88.1 Å². The van der Waals surface area contributed by atoms with Crippen LogP contribution in [0.4, 0.5) is 4.79 Å². The molecule has 120 valence electrons. The van der Waals surface area contributed by atoms with Gasteiger partial charge in [0.15, 0.2) is 0 Å². The monoisotopic (exact) mass is 300 g/mol. The maximum Gasteiger partial charge on any atom is 0.317 e. The Morgan fingerprint density at radius 1 is 1.52 bits per heavy atom. The summed E-state index contributed by atoms with van der Waals surface area (Å²) in [6, 6.07) is -0.193. The van der Waals surface area contributed by atoms with E-state index >= 15 is 0 Å². The van der Waals surface area contributed by atoms with Gasteiger partial charge < -0.3 is 24.8 Å². The summed E-state index contributed by atoms with van der Waals surface area (Å²) in [5, 5.41) is 12.1. The smallest absolute Gasteiger partial charge is 0.317 e. The molecule has 0 aromatic rings. The summed E-state index contributed by atoms with van der Waals surface area (Å²) in [5.74, 6) is -0.608. The first kappa shape index (κ1) is 16.0. The van der Waals surface area contributed by atoms with Crippen molar-refractivity contribution in [1.82, 2.24) is 10.2 Å². The van der Waals surface area contributed by atoms with Crippen molar-refractivity contribution in [2.24, 2.45) is 11.3 Å². The van der Waals surface area contributed by atoms with E-state index in [9.17, 15) is 14.7 Å². The molecular formula is C14H24N2O5. The second-order valence-corrected chi connectivity index (χ2v) is 6.12. The Labute approximate surface area is 124 Å². The number of rotatable bonds is 4. The number of likely N-dealkylation sites (tertiary alicyclic amines) is 1. The first-order valence-corrected chi connectivity index (χ1v) is 7.33. The summed E-state index contributed by atoms with van der Waals surface area (Å²) in [6.45, 7) is 4.19. The second kappa shape index (κ2) is 6.62. The summed E-state index contributed by atoms with van der Waals surface area (Å²) in [6.07, 6.45) is 1.35. The van der Waals surface area contributed by atoms with Gasteiger partial charge in [-0.15, -0.1) is 0 Å². The SMILES string of the molecule is COC1COCCC1CNC(=O)N1CCC(C)(C(=O)O)C1. The normalized spacial score (nSPS) is 33.0. The highest BCUT2D eigenvalue weighted by Crippen LogP contribution is 2.30. The lowest BCUT2D eigenvalue weighted by Crippen LogP contribution is -2.46. The molecule has 0 aliphatic carbocycles. The van der Waals surface area contributed by atoms with Crippen molar-refractivity contribution in [3.8, 4) is 0 Å². The molecule has 7 nitrogen and oxygen atoms in total. The van der Waals surface area contributed by atoms with Gasteiger partial charge in [0, 0.05) is 39.3 Å². The van der Waals surface area contributed by atoms with Gasteiger partial charge in [-0.1, -0.05) is 0 Å². The van der Waals surface area contributed by atoms with Crippen molar-refractivity contribution in [2.45, 2.75) is 25.9 Å². The predicted molar refractivity (Wildman–Crippen MR) is 75.1 cm³/mol. The Morgan fingerprint density at radius 2 is 2.29 bits per heavy atom. The van der Waals surface area contributed by atoms with Crippen LogP contribution < -0.4 is 5.32 Å². The van der Waals surface area contributed by atoms with Crippen molar-refractivity contribution < 1.29 is 24.2 Å². The largest absolute Gasteiger partial charge is 0.481 e. The minimum atomic E-state index is -0.846. The lowest BCUT2D eigenvalue weighted by molar-refractivity contribution is -0.147. The van der Waals surface area contributed by atoms with Gasteiger partial charge >= 0.3 is 12.0 Å². The quantitative estimate of drug-likeness (QED) is 0.791. The second-order valence-electron chi connectivity index (χ2n) is 6.12. The molecule has 0 spiro atoms. The number of carboxylic acid groups (broad SMARTS) is 1. The van der Waals surface area contributed by atoms with E-state index in [0.29, 0.717) is 32.7 Å². The van der Waals surface area contributed by atoms with E-state index in [1.165, 1.54) is 0 Å². The fourth-order valence-corrected chi connectivity index (χ4v) is 2.89. The molecule has 3 unspecified atom stereocenters. The zero-order chi connectivity index (χ0) is 15.5. The fourth-order valence-electron chi connectivity index (χ4n) is 2.89. The van der Waals surface area contributed by atoms with Crippen LogP contribution >= 0.6 is 0 Å². The van der Waals surface area contributed by atoms with Crippen molar-refractivity contribution in [3.05, 3.63) is 0 Å². The van der Waals surface area contributed by atoms with Crippen LogP contribution in [0.15, 0.2) is 0 Å². The molecule has 2 heterocycles. The lowest BCUT2D eigenvalue weighted by atomic mass is 9.90. The molecule has 0 saturated carbocycles. The van der Waals surface area contributed by atoms with Crippen LogP contribution in [-0.4, -0.2) is 68.1 Å². The number of carbonyl (C=O) groups excluding carboxylic acids is 1. The maximum atomic E-state index is 12.1. The molecule has 7 heteroatoms. The number of hydrogen-bond acceptors (Lipinski definition) is 4. The van der Waals surface area contributed by atoms with Gasteiger partial charge in [-0.2, -0.15) is 0 Å². The Morgan fingerprint density at radius 3 is 2.90 bits per heavy atom. The summed E-state index contributed by atoms with van der Waals surface area (Å²) in [7, 11) is 1.65. The number of amides is 2. The number of aliphatic carboxylic acids is 1. The molecule has 2 N–H and O–H groups in total. The van der Waals surface area contributed by atoms with Crippen LogP contribution in [0.2, 0.25) is 0 Å². The molecular weight excluding hydrogens is 276 g/mol. The predicted octanol–water partition coefficient (Wildman–Crippen LogP) is 0.544. The van der Waals surface area contributed by atoms with E-state index in [-0.39, 0.29) is 24.6 Å². The molecule has 3 atom stereocenters. The number of carboxylic acids is 1. The van der Waals surface area contributed by atoms with Gasteiger partial charge in [-0.05, 0) is 19.8 Å². The molecule has 2 fully saturated rings. The zero-order valence-corrected chi connectivity index (χ0v) is 12.6. The fraction of sp³-hybridized carbons (Fsp3) is 0.857. The average molecular weight is 300 g/mol. The Balaban J connectivity index is 1.81. The minimum absolute atomic E-state index is 0.00177. The van der Waals surface area contributed by atoms with Gasteiger partial charge in [0.05, 0.1) is 18.1 Å². The van der Waals surface area contributed by atoms with Crippen molar-refractivity contribution in [1.29, 1.82) is 0 Å². The first-order valence-electron chi connectivity index (χ1n) is 7.33. The molecule has 2 amide bonds. The van der Waals surface area contributed by atoms with Crippen LogP contribution in [0, 0.1) is 11.3 Å². The van der Waals surface area contributed by atoms with E-state index < -0.39 is 11.4 Å².